The zero-order valence-corrected chi connectivity index (χ0v) is 16.4. The van der Waals surface area contributed by atoms with Crippen molar-refractivity contribution >= 4 is 28.6 Å². The molecule has 0 spiro atoms. The van der Waals surface area contributed by atoms with Crippen LogP contribution in [0.15, 0.2) is 50.2 Å². The van der Waals surface area contributed by atoms with E-state index in [9.17, 15) is 9.59 Å². The van der Waals surface area contributed by atoms with Crippen LogP contribution >= 0.6 is 11.8 Å². The lowest BCUT2D eigenvalue weighted by Crippen LogP contribution is -2.26. The maximum Gasteiger partial charge on any atom is 0.339 e. The van der Waals surface area contributed by atoms with Crippen LogP contribution in [0.3, 0.4) is 0 Å². The lowest BCUT2D eigenvalue weighted by atomic mass is 10.0. The van der Waals surface area contributed by atoms with Gasteiger partial charge in [0.2, 0.25) is 5.91 Å². The molecular formula is C21H23NO4S. The summed E-state index contributed by atoms with van der Waals surface area (Å²) in [6, 6.07) is 9.62. The van der Waals surface area contributed by atoms with Crippen LogP contribution in [0.2, 0.25) is 0 Å². The van der Waals surface area contributed by atoms with Gasteiger partial charge in [-0.25, -0.2) is 4.79 Å². The maximum atomic E-state index is 12.3. The Morgan fingerprint density at radius 2 is 2.07 bits per heavy atom. The van der Waals surface area contributed by atoms with Gasteiger partial charge >= 0.3 is 5.63 Å². The molecule has 142 valence electrons. The average Bonchev–Trinajstić information content (AvgIpc) is 3.14. The van der Waals surface area contributed by atoms with Crippen molar-refractivity contribution in [2.24, 2.45) is 0 Å². The first kappa shape index (κ1) is 19.3. The minimum atomic E-state index is -0.354. The van der Waals surface area contributed by atoms with Gasteiger partial charge in [0.1, 0.15) is 11.3 Å². The SMILES string of the molecule is Cc1ccc2c(C)c(CCC(=O)NCCSCc3ccco3)c(=O)oc2c1. The third-order valence-electron chi connectivity index (χ3n) is 4.44. The number of nitrogens with one attached hydrogen (secondary N) is 1. The number of hydrogen-bond acceptors (Lipinski definition) is 5. The van der Waals surface area contributed by atoms with E-state index in [-0.39, 0.29) is 18.0 Å². The molecule has 0 radical (unpaired) electrons. The van der Waals surface area contributed by atoms with Crippen molar-refractivity contribution in [2.75, 3.05) is 12.3 Å². The molecule has 3 aromatic rings. The maximum absolute atomic E-state index is 12.3. The van der Waals surface area contributed by atoms with Gasteiger partial charge in [-0.05, 0) is 49.6 Å². The molecule has 27 heavy (non-hydrogen) atoms. The van der Waals surface area contributed by atoms with Crippen molar-refractivity contribution in [3.8, 4) is 0 Å². The summed E-state index contributed by atoms with van der Waals surface area (Å²) in [5.41, 5.74) is 2.76. The van der Waals surface area contributed by atoms with Gasteiger partial charge in [-0.1, -0.05) is 12.1 Å². The van der Waals surface area contributed by atoms with E-state index in [4.69, 9.17) is 8.83 Å². The summed E-state index contributed by atoms with van der Waals surface area (Å²) in [6.45, 7) is 4.46. The van der Waals surface area contributed by atoms with Gasteiger partial charge < -0.3 is 14.2 Å². The Balaban J connectivity index is 1.49. The average molecular weight is 385 g/mol. The predicted molar refractivity (Wildman–Crippen MR) is 108 cm³/mol. The van der Waals surface area contributed by atoms with E-state index in [1.165, 1.54) is 0 Å². The third-order valence-corrected chi connectivity index (χ3v) is 5.42. The molecule has 0 aliphatic heterocycles. The summed E-state index contributed by atoms with van der Waals surface area (Å²) < 4.78 is 10.7. The van der Waals surface area contributed by atoms with Crippen molar-refractivity contribution in [1.82, 2.24) is 5.32 Å². The summed E-state index contributed by atoms with van der Waals surface area (Å²) in [7, 11) is 0. The first-order valence-electron chi connectivity index (χ1n) is 8.94. The van der Waals surface area contributed by atoms with Crippen LogP contribution in [0.4, 0.5) is 0 Å². The zero-order chi connectivity index (χ0) is 19.2. The molecule has 2 heterocycles. The van der Waals surface area contributed by atoms with Crippen molar-refractivity contribution in [3.05, 3.63) is 69.5 Å². The standard InChI is InChI=1S/C21H23NO4S/c1-14-5-6-17-15(2)18(21(24)26-19(17)12-14)7-8-20(23)22-9-11-27-13-16-4-3-10-25-16/h3-6,10,12H,7-9,11,13H2,1-2H3,(H,22,23). The van der Waals surface area contributed by atoms with Crippen molar-refractivity contribution < 1.29 is 13.6 Å². The number of fused-ring (bicyclic) bond motifs is 1. The molecular weight excluding hydrogens is 362 g/mol. The van der Waals surface area contributed by atoms with E-state index >= 15 is 0 Å². The van der Waals surface area contributed by atoms with Gasteiger partial charge in [0.25, 0.3) is 0 Å². The number of amides is 1. The molecule has 1 N–H and O–H groups in total. The molecule has 2 aromatic heterocycles. The molecule has 6 heteroatoms. The van der Waals surface area contributed by atoms with E-state index in [2.05, 4.69) is 5.32 Å². The van der Waals surface area contributed by atoms with E-state index < -0.39 is 0 Å². The molecule has 0 saturated heterocycles. The van der Waals surface area contributed by atoms with Crippen LogP contribution in [0.1, 0.15) is 28.9 Å². The summed E-state index contributed by atoms with van der Waals surface area (Å²) in [5, 5.41) is 3.81. The van der Waals surface area contributed by atoms with Gasteiger partial charge in [-0.15, -0.1) is 0 Å². The van der Waals surface area contributed by atoms with Crippen LogP contribution in [-0.2, 0) is 17.0 Å². The van der Waals surface area contributed by atoms with Gasteiger partial charge in [-0.2, -0.15) is 11.8 Å². The van der Waals surface area contributed by atoms with Gasteiger partial charge in [-0.3, -0.25) is 4.79 Å². The zero-order valence-electron chi connectivity index (χ0n) is 15.5. The fraction of sp³-hybridized carbons (Fsp3) is 0.333. The number of rotatable bonds is 8. The highest BCUT2D eigenvalue weighted by atomic mass is 32.2. The van der Waals surface area contributed by atoms with Gasteiger partial charge in [0, 0.05) is 29.7 Å². The highest BCUT2D eigenvalue weighted by molar-refractivity contribution is 7.98. The lowest BCUT2D eigenvalue weighted by molar-refractivity contribution is -0.120. The Morgan fingerprint density at radius 3 is 2.85 bits per heavy atom. The largest absolute Gasteiger partial charge is 0.468 e. The number of carbonyl (C=O) groups is 1. The number of hydrogen-bond donors (Lipinski definition) is 1. The van der Waals surface area contributed by atoms with Crippen LogP contribution in [0.25, 0.3) is 11.0 Å². The lowest BCUT2D eigenvalue weighted by Gasteiger charge is -2.09. The normalized spacial score (nSPS) is 11.0. The highest BCUT2D eigenvalue weighted by Crippen LogP contribution is 2.21. The third kappa shape index (κ3) is 5.04. The Labute approximate surface area is 162 Å². The van der Waals surface area contributed by atoms with Crippen LogP contribution in [0.5, 0.6) is 0 Å². The molecule has 0 bridgehead atoms. The topological polar surface area (TPSA) is 72.5 Å². The minimum absolute atomic E-state index is 0.0589. The molecule has 0 aliphatic carbocycles. The highest BCUT2D eigenvalue weighted by Gasteiger charge is 2.13. The fourth-order valence-electron chi connectivity index (χ4n) is 2.95. The van der Waals surface area contributed by atoms with E-state index in [1.807, 2.05) is 44.2 Å². The smallest absolute Gasteiger partial charge is 0.339 e. The first-order valence-corrected chi connectivity index (χ1v) is 10.1. The second-order valence-corrected chi connectivity index (χ2v) is 7.58. The number of thioether (sulfide) groups is 1. The minimum Gasteiger partial charge on any atom is -0.468 e. The molecule has 5 nitrogen and oxygen atoms in total. The molecule has 1 aromatic carbocycles. The molecule has 3 rings (SSSR count). The monoisotopic (exact) mass is 385 g/mol. The fourth-order valence-corrected chi connectivity index (χ4v) is 3.70. The Bertz CT molecular complexity index is 976. The summed E-state index contributed by atoms with van der Waals surface area (Å²) in [5.74, 6) is 2.47. The number of carbonyl (C=O) groups excluding carboxylic acids is 1. The number of benzene rings is 1. The Kier molecular flexibility index (Phi) is 6.40. The Hall–Kier alpha value is -2.47. The van der Waals surface area contributed by atoms with Crippen LogP contribution in [0, 0.1) is 13.8 Å². The quantitative estimate of drug-likeness (QED) is 0.469. The summed E-state index contributed by atoms with van der Waals surface area (Å²) in [4.78, 5) is 24.3. The predicted octanol–water partition coefficient (Wildman–Crippen LogP) is 3.99. The van der Waals surface area contributed by atoms with E-state index in [1.54, 1.807) is 18.0 Å². The molecule has 0 fully saturated rings. The summed E-state index contributed by atoms with van der Waals surface area (Å²) >= 11 is 1.70. The van der Waals surface area contributed by atoms with Crippen molar-refractivity contribution in [2.45, 2.75) is 32.4 Å². The molecule has 0 unspecified atom stereocenters. The first-order chi connectivity index (χ1) is 13.0. The Morgan fingerprint density at radius 1 is 1.22 bits per heavy atom. The second kappa shape index (κ2) is 8.95. The number of aryl methyl sites for hydroxylation is 2. The molecule has 0 aliphatic rings. The van der Waals surface area contributed by atoms with E-state index in [0.29, 0.717) is 24.1 Å². The van der Waals surface area contributed by atoms with Gasteiger partial charge in [0.05, 0.1) is 12.0 Å². The molecule has 1 amide bonds. The van der Waals surface area contributed by atoms with Gasteiger partial charge in [0.15, 0.2) is 0 Å². The van der Waals surface area contributed by atoms with Crippen LogP contribution in [-0.4, -0.2) is 18.2 Å². The number of furan rings is 1. The second-order valence-electron chi connectivity index (χ2n) is 6.47. The summed E-state index contributed by atoms with van der Waals surface area (Å²) in [6.07, 6.45) is 2.30. The van der Waals surface area contributed by atoms with Crippen LogP contribution < -0.4 is 10.9 Å². The molecule has 0 saturated carbocycles. The molecule has 0 atom stereocenters. The van der Waals surface area contributed by atoms with E-state index in [0.717, 1.165) is 33.8 Å². The van der Waals surface area contributed by atoms with Crippen molar-refractivity contribution in [1.29, 1.82) is 0 Å². The van der Waals surface area contributed by atoms with Crippen molar-refractivity contribution in [3.63, 3.8) is 0 Å².